The molecule has 0 aliphatic carbocycles. The standard InChI is InChI=1S/C27H38N6O3/c1-30-23-10-13-33(27(35)24-9-5-6-12-32(24)19-21-7-3-2-4-8-21)20-22(23)25(29-30)26(34)28-11-14-31-15-17-36-18-16-31/h2-4,7-8,24H,5-6,9-20H2,1H3,(H,28,34). The normalized spacial score (nSPS) is 21.2. The topological polar surface area (TPSA) is 82.9 Å². The molecular formula is C27H38N6O3. The average molecular weight is 495 g/mol. The molecular weight excluding hydrogens is 456 g/mol. The van der Waals surface area contributed by atoms with Crippen molar-refractivity contribution in [3.63, 3.8) is 0 Å². The summed E-state index contributed by atoms with van der Waals surface area (Å²) in [4.78, 5) is 33.4. The molecule has 0 bridgehead atoms. The maximum atomic E-state index is 13.7. The molecule has 5 rings (SSSR count). The van der Waals surface area contributed by atoms with E-state index >= 15 is 0 Å². The van der Waals surface area contributed by atoms with E-state index in [4.69, 9.17) is 4.74 Å². The summed E-state index contributed by atoms with van der Waals surface area (Å²) in [5.41, 5.74) is 3.65. The zero-order valence-corrected chi connectivity index (χ0v) is 21.3. The van der Waals surface area contributed by atoms with Crippen LogP contribution in [-0.4, -0.2) is 94.8 Å². The molecule has 2 saturated heterocycles. The first-order valence-electron chi connectivity index (χ1n) is 13.3. The lowest BCUT2D eigenvalue weighted by Gasteiger charge is -2.39. The summed E-state index contributed by atoms with van der Waals surface area (Å²) in [5.74, 6) is 0.0246. The lowest BCUT2D eigenvalue weighted by Crippen LogP contribution is -2.51. The Morgan fingerprint density at radius 3 is 2.69 bits per heavy atom. The number of carbonyl (C=O) groups is 2. The van der Waals surface area contributed by atoms with Crippen LogP contribution in [0, 0.1) is 0 Å². The van der Waals surface area contributed by atoms with Gasteiger partial charge in [-0.05, 0) is 24.9 Å². The SMILES string of the molecule is Cn1nc(C(=O)NCCN2CCOCC2)c2c1CCN(C(=O)C1CCCCN1Cc1ccccc1)C2. The van der Waals surface area contributed by atoms with Gasteiger partial charge in [-0.2, -0.15) is 5.10 Å². The number of fused-ring (bicyclic) bond motifs is 1. The molecule has 3 aliphatic heterocycles. The van der Waals surface area contributed by atoms with E-state index in [2.05, 4.69) is 44.5 Å². The van der Waals surface area contributed by atoms with Crippen molar-refractivity contribution in [3.05, 3.63) is 52.8 Å². The van der Waals surface area contributed by atoms with Gasteiger partial charge in [-0.1, -0.05) is 36.8 Å². The molecule has 1 atom stereocenters. The van der Waals surface area contributed by atoms with Gasteiger partial charge in [0.25, 0.3) is 5.91 Å². The van der Waals surface area contributed by atoms with Gasteiger partial charge >= 0.3 is 0 Å². The molecule has 0 saturated carbocycles. The highest BCUT2D eigenvalue weighted by molar-refractivity contribution is 5.94. The van der Waals surface area contributed by atoms with Crippen molar-refractivity contribution >= 4 is 11.8 Å². The Morgan fingerprint density at radius 1 is 1.08 bits per heavy atom. The van der Waals surface area contributed by atoms with E-state index in [-0.39, 0.29) is 17.9 Å². The second-order valence-corrected chi connectivity index (χ2v) is 10.1. The zero-order valence-electron chi connectivity index (χ0n) is 21.3. The predicted molar refractivity (Wildman–Crippen MR) is 136 cm³/mol. The lowest BCUT2D eigenvalue weighted by molar-refractivity contribution is -0.139. The van der Waals surface area contributed by atoms with Gasteiger partial charge in [0.1, 0.15) is 0 Å². The first-order valence-corrected chi connectivity index (χ1v) is 13.3. The third kappa shape index (κ3) is 5.63. The molecule has 2 amide bonds. The number of piperidine rings is 1. The number of aromatic nitrogens is 2. The number of amides is 2. The van der Waals surface area contributed by atoms with Crippen LogP contribution >= 0.6 is 0 Å². The Labute approximate surface area is 213 Å². The lowest BCUT2D eigenvalue weighted by atomic mass is 9.98. The Hall–Kier alpha value is -2.75. The number of ether oxygens (including phenoxy) is 1. The number of benzene rings is 1. The Bertz CT molecular complexity index is 1050. The van der Waals surface area contributed by atoms with E-state index in [1.165, 1.54) is 5.56 Å². The van der Waals surface area contributed by atoms with Crippen molar-refractivity contribution in [1.29, 1.82) is 0 Å². The van der Waals surface area contributed by atoms with E-state index in [9.17, 15) is 9.59 Å². The van der Waals surface area contributed by atoms with Crippen molar-refractivity contribution < 1.29 is 14.3 Å². The van der Waals surface area contributed by atoms with E-state index < -0.39 is 0 Å². The molecule has 36 heavy (non-hydrogen) atoms. The van der Waals surface area contributed by atoms with Gasteiger partial charge in [0.05, 0.1) is 19.3 Å². The highest BCUT2D eigenvalue weighted by Gasteiger charge is 2.35. The minimum Gasteiger partial charge on any atom is -0.379 e. The molecule has 0 spiro atoms. The van der Waals surface area contributed by atoms with Crippen LogP contribution in [0.3, 0.4) is 0 Å². The summed E-state index contributed by atoms with van der Waals surface area (Å²) < 4.78 is 7.21. The van der Waals surface area contributed by atoms with Crippen LogP contribution in [0.15, 0.2) is 30.3 Å². The Balaban J connectivity index is 1.24. The zero-order chi connectivity index (χ0) is 24.9. The molecule has 0 radical (unpaired) electrons. The monoisotopic (exact) mass is 494 g/mol. The highest BCUT2D eigenvalue weighted by atomic mass is 16.5. The maximum absolute atomic E-state index is 13.7. The van der Waals surface area contributed by atoms with Gasteiger partial charge in [0.15, 0.2) is 5.69 Å². The Kier molecular flexibility index (Phi) is 7.99. The van der Waals surface area contributed by atoms with Gasteiger partial charge in [0, 0.05) is 70.5 Å². The van der Waals surface area contributed by atoms with E-state index in [0.29, 0.717) is 25.3 Å². The molecule has 3 aliphatic rings. The number of hydrogen-bond donors (Lipinski definition) is 1. The minimum absolute atomic E-state index is 0.108. The first-order chi connectivity index (χ1) is 17.6. The molecule has 9 nitrogen and oxygen atoms in total. The fraction of sp³-hybridized carbons (Fsp3) is 0.593. The molecule has 1 aromatic heterocycles. The van der Waals surface area contributed by atoms with Crippen molar-refractivity contribution in [1.82, 2.24) is 29.8 Å². The van der Waals surface area contributed by atoms with Gasteiger partial charge < -0.3 is 15.0 Å². The summed E-state index contributed by atoms with van der Waals surface area (Å²) >= 11 is 0. The number of hydrogen-bond acceptors (Lipinski definition) is 6. The van der Waals surface area contributed by atoms with Crippen LogP contribution in [-0.2, 0) is 36.1 Å². The van der Waals surface area contributed by atoms with Crippen molar-refractivity contribution in [2.24, 2.45) is 7.05 Å². The Morgan fingerprint density at radius 2 is 1.89 bits per heavy atom. The summed E-state index contributed by atoms with van der Waals surface area (Å²) in [6.07, 6.45) is 3.80. The number of aryl methyl sites for hydroxylation is 1. The minimum atomic E-state index is -0.155. The third-order valence-electron chi connectivity index (χ3n) is 7.71. The van der Waals surface area contributed by atoms with Crippen LogP contribution in [0.2, 0.25) is 0 Å². The molecule has 1 N–H and O–H groups in total. The summed E-state index contributed by atoms with van der Waals surface area (Å²) in [7, 11) is 1.89. The number of carbonyl (C=O) groups excluding carboxylic acids is 2. The van der Waals surface area contributed by atoms with Crippen LogP contribution in [0.25, 0.3) is 0 Å². The van der Waals surface area contributed by atoms with E-state index in [0.717, 1.165) is 82.9 Å². The summed E-state index contributed by atoms with van der Waals surface area (Å²) in [6, 6.07) is 10.3. The fourth-order valence-corrected chi connectivity index (χ4v) is 5.69. The van der Waals surface area contributed by atoms with Crippen LogP contribution in [0.5, 0.6) is 0 Å². The summed E-state index contributed by atoms with van der Waals surface area (Å²) in [5, 5.41) is 7.60. The number of likely N-dealkylation sites (tertiary alicyclic amines) is 1. The van der Waals surface area contributed by atoms with Crippen molar-refractivity contribution in [2.45, 2.75) is 44.8 Å². The smallest absolute Gasteiger partial charge is 0.272 e. The quantitative estimate of drug-likeness (QED) is 0.627. The fourth-order valence-electron chi connectivity index (χ4n) is 5.69. The maximum Gasteiger partial charge on any atom is 0.272 e. The van der Waals surface area contributed by atoms with Crippen molar-refractivity contribution in [3.8, 4) is 0 Å². The summed E-state index contributed by atoms with van der Waals surface area (Å²) in [6.45, 7) is 7.50. The van der Waals surface area contributed by atoms with Gasteiger partial charge in [0.2, 0.25) is 5.91 Å². The number of nitrogens with one attached hydrogen (secondary N) is 1. The molecule has 4 heterocycles. The molecule has 194 valence electrons. The van der Waals surface area contributed by atoms with Crippen molar-refractivity contribution in [2.75, 3.05) is 52.5 Å². The van der Waals surface area contributed by atoms with Crippen LogP contribution in [0.4, 0.5) is 0 Å². The number of morpholine rings is 1. The van der Waals surface area contributed by atoms with E-state index in [1.54, 1.807) is 0 Å². The molecule has 1 aromatic carbocycles. The van der Waals surface area contributed by atoms with Gasteiger partial charge in [-0.15, -0.1) is 0 Å². The predicted octanol–water partition coefficient (Wildman–Crippen LogP) is 1.42. The first kappa shape index (κ1) is 24.9. The van der Waals surface area contributed by atoms with Gasteiger partial charge in [-0.3, -0.25) is 24.1 Å². The number of nitrogens with zero attached hydrogens (tertiary/aromatic N) is 5. The van der Waals surface area contributed by atoms with Crippen LogP contribution < -0.4 is 5.32 Å². The van der Waals surface area contributed by atoms with Gasteiger partial charge in [-0.25, -0.2) is 0 Å². The second kappa shape index (κ2) is 11.5. The largest absolute Gasteiger partial charge is 0.379 e. The highest BCUT2D eigenvalue weighted by Crippen LogP contribution is 2.26. The molecule has 2 aromatic rings. The molecule has 1 unspecified atom stereocenters. The number of rotatable bonds is 7. The second-order valence-electron chi connectivity index (χ2n) is 10.1. The average Bonchev–Trinajstić information content (AvgIpc) is 3.25. The third-order valence-corrected chi connectivity index (χ3v) is 7.71. The van der Waals surface area contributed by atoms with E-state index in [1.807, 2.05) is 22.7 Å². The molecule has 9 heteroatoms. The molecule has 2 fully saturated rings. The van der Waals surface area contributed by atoms with Crippen LogP contribution in [0.1, 0.15) is 46.6 Å².